The number of amides is 3. The molecule has 0 saturated heterocycles. The fraction of sp³-hybridized carbons (Fsp3) is 0.286. The van der Waals surface area contributed by atoms with Gasteiger partial charge in [0.25, 0.3) is 11.8 Å². The summed E-state index contributed by atoms with van der Waals surface area (Å²) in [4.78, 5) is 55.2. The molecule has 3 amide bonds. The molecule has 0 fully saturated rings. The van der Waals surface area contributed by atoms with Crippen LogP contribution in [-0.2, 0) is 17.5 Å². The molecule has 0 aromatic carbocycles. The quantitative estimate of drug-likeness (QED) is 0.437. The van der Waals surface area contributed by atoms with Crippen LogP contribution in [0.1, 0.15) is 49.3 Å². The lowest BCUT2D eigenvalue weighted by atomic mass is 10.1. The largest absolute Gasteiger partial charge is 0.418 e. The van der Waals surface area contributed by atoms with Crippen LogP contribution in [0.25, 0.3) is 0 Å². The van der Waals surface area contributed by atoms with Gasteiger partial charge in [0.2, 0.25) is 5.91 Å². The maximum Gasteiger partial charge on any atom is 0.418 e. The minimum Gasteiger partial charge on any atom is -0.342 e. The first-order valence-electron chi connectivity index (χ1n) is 10.5. The van der Waals surface area contributed by atoms with Gasteiger partial charge in [-0.3, -0.25) is 19.3 Å². The molecule has 37 heavy (non-hydrogen) atoms. The summed E-state index contributed by atoms with van der Waals surface area (Å²) in [5, 5.41) is 7.44. The van der Waals surface area contributed by atoms with E-state index in [0.717, 1.165) is 17.5 Å². The van der Waals surface area contributed by atoms with Gasteiger partial charge in [-0.15, -0.1) is 11.3 Å². The van der Waals surface area contributed by atoms with Gasteiger partial charge in [0.1, 0.15) is 33.5 Å². The third-order valence-corrected chi connectivity index (χ3v) is 6.61. The number of aromatic nitrogens is 4. The number of halogens is 4. The second-order valence-electron chi connectivity index (χ2n) is 8.03. The number of anilines is 2. The molecule has 1 aliphatic rings. The number of carbonyl (C=O) groups is 3. The van der Waals surface area contributed by atoms with Crippen LogP contribution in [0.5, 0.6) is 0 Å². The maximum absolute atomic E-state index is 13.1. The molecular formula is C21H18ClF3N8O3S. The number of fused-ring (bicyclic) bond motifs is 1. The first kappa shape index (κ1) is 26.4. The van der Waals surface area contributed by atoms with E-state index in [9.17, 15) is 27.6 Å². The summed E-state index contributed by atoms with van der Waals surface area (Å²) in [7, 11) is 1.72. The molecule has 0 unspecified atom stereocenters. The first-order valence-corrected chi connectivity index (χ1v) is 11.7. The fourth-order valence-corrected chi connectivity index (χ4v) is 4.46. The highest BCUT2D eigenvalue weighted by molar-refractivity contribution is 7.13. The fourth-order valence-electron chi connectivity index (χ4n) is 3.43. The topological polar surface area (TPSA) is 142 Å². The van der Waals surface area contributed by atoms with Crippen molar-refractivity contribution in [1.82, 2.24) is 30.2 Å². The first-order chi connectivity index (χ1) is 17.4. The monoisotopic (exact) mass is 554 g/mol. The summed E-state index contributed by atoms with van der Waals surface area (Å²) < 4.78 is 39.2. The molecule has 3 N–H and O–H groups in total. The Morgan fingerprint density at radius 2 is 1.92 bits per heavy atom. The summed E-state index contributed by atoms with van der Waals surface area (Å²) in [5.74, 6) is -1.62. The predicted octanol–water partition coefficient (Wildman–Crippen LogP) is 3.13. The molecule has 1 atom stereocenters. The number of carbonyl (C=O) groups excluding carboxylic acids is 3. The van der Waals surface area contributed by atoms with Crippen LogP contribution in [0.2, 0.25) is 5.02 Å². The zero-order valence-corrected chi connectivity index (χ0v) is 20.8. The van der Waals surface area contributed by atoms with Gasteiger partial charge in [-0.25, -0.2) is 19.9 Å². The van der Waals surface area contributed by atoms with E-state index in [0.29, 0.717) is 16.6 Å². The average Bonchev–Trinajstić information content (AvgIpc) is 3.25. The van der Waals surface area contributed by atoms with E-state index in [4.69, 9.17) is 11.6 Å². The van der Waals surface area contributed by atoms with E-state index in [1.165, 1.54) is 12.5 Å². The summed E-state index contributed by atoms with van der Waals surface area (Å²) in [6.07, 6.45) is -1.51. The van der Waals surface area contributed by atoms with Crippen molar-refractivity contribution in [1.29, 1.82) is 0 Å². The van der Waals surface area contributed by atoms with Crippen LogP contribution < -0.4 is 16.0 Å². The molecule has 0 saturated carbocycles. The number of hydrogen-bond donors (Lipinski definition) is 3. The van der Waals surface area contributed by atoms with Crippen molar-refractivity contribution in [2.45, 2.75) is 25.7 Å². The molecule has 194 valence electrons. The number of rotatable bonds is 5. The predicted molar refractivity (Wildman–Crippen MR) is 127 cm³/mol. The van der Waals surface area contributed by atoms with Crippen LogP contribution in [0.4, 0.5) is 24.8 Å². The average molecular weight is 555 g/mol. The number of nitrogens with zero attached hydrogens (tertiary/aromatic N) is 5. The number of nitrogens with one attached hydrogen (secondary N) is 3. The van der Waals surface area contributed by atoms with Crippen molar-refractivity contribution in [3.8, 4) is 0 Å². The van der Waals surface area contributed by atoms with Crippen molar-refractivity contribution >= 4 is 52.3 Å². The number of thiazole rings is 1. The summed E-state index contributed by atoms with van der Waals surface area (Å²) in [6, 6.07) is -0.0107. The van der Waals surface area contributed by atoms with Crippen molar-refractivity contribution in [3.63, 3.8) is 0 Å². The lowest BCUT2D eigenvalue weighted by molar-refractivity contribution is -0.137. The van der Waals surface area contributed by atoms with E-state index in [1.54, 1.807) is 18.9 Å². The highest BCUT2D eigenvalue weighted by Crippen LogP contribution is 2.35. The molecule has 3 aromatic rings. The number of pyridine rings is 1. The smallest absolute Gasteiger partial charge is 0.342 e. The number of hydrogen-bond acceptors (Lipinski definition) is 9. The normalized spacial score (nSPS) is 14.8. The van der Waals surface area contributed by atoms with E-state index in [1.807, 2.05) is 0 Å². The van der Waals surface area contributed by atoms with Crippen LogP contribution in [0.3, 0.4) is 0 Å². The molecule has 3 aromatic heterocycles. The molecule has 16 heteroatoms. The van der Waals surface area contributed by atoms with Crippen LogP contribution in [0.15, 0.2) is 24.8 Å². The zero-order valence-electron chi connectivity index (χ0n) is 19.2. The van der Waals surface area contributed by atoms with E-state index in [2.05, 4.69) is 35.9 Å². The van der Waals surface area contributed by atoms with E-state index in [-0.39, 0.29) is 41.2 Å². The van der Waals surface area contributed by atoms with E-state index >= 15 is 0 Å². The van der Waals surface area contributed by atoms with Gasteiger partial charge in [-0.1, -0.05) is 11.6 Å². The lowest BCUT2D eigenvalue weighted by Gasteiger charge is -2.16. The molecule has 0 bridgehead atoms. The summed E-state index contributed by atoms with van der Waals surface area (Å²) in [6.45, 7) is 2.03. The maximum atomic E-state index is 13.1. The van der Waals surface area contributed by atoms with Gasteiger partial charge in [-0.2, -0.15) is 13.2 Å². The minimum absolute atomic E-state index is 0.0784. The van der Waals surface area contributed by atoms with Gasteiger partial charge >= 0.3 is 6.18 Å². The Balaban J connectivity index is 1.46. The second-order valence-corrected chi connectivity index (χ2v) is 9.50. The highest BCUT2D eigenvalue weighted by atomic mass is 35.5. The van der Waals surface area contributed by atoms with Gasteiger partial charge in [0.15, 0.2) is 0 Å². The minimum atomic E-state index is -4.71. The van der Waals surface area contributed by atoms with Crippen molar-refractivity contribution in [2.24, 2.45) is 0 Å². The Hall–Kier alpha value is -3.69. The Bertz CT molecular complexity index is 1380. The summed E-state index contributed by atoms with van der Waals surface area (Å²) >= 11 is 6.49. The molecule has 1 aliphatic heterocycles. The van der Waals surface area contributed by atoms with E-state index < -0.39 is 34.6 Å². The molecule has 0 radical (unpaired) electrons. The van der Waals surface area contributed by atoms with Crippen molar-refractivity contribution in [2.75, 3.05) is 24.2 Å². The van der Waals surface area contributed by atoms with Gasteiger partial charge in [0.05, 0.1) is 29.4 Å². The molecule has 4 rings (SSSR count). The Morgan fingerprint density at radius 3 is 2.65 bits per heavy atom. The Labute approximate surface area is 216 Å². The molecule has 0 aliphatic carbocycles. The number of likely N-dealkylation sites (N-methyl/N-ethyl adjacent to an activating group) is 1. The molecule has 4 heterocycles. The standard InChI is InChI=1S/C21H18ClF3N8O3S/c1-9(30-19(36)16-10-6-33(2)7-15(34)32-17(10)29-8-28-16)20-27-5-13(37-20)18(35)31-14-3-11(21(23,24)25)12(22)4-26-14/h3-5,8-9H,6-7H2,1-2H3,(H,30,36)(H,26,31,35)(H,28,29,32,34)/t9-/m1/s1. The number of alkyl halides is 3. The third-order valence-electron chi connectivity index (χ3n) is 5.13. The lowest BCUT2D eigenvalue weighted by Crippen LogP contribution is -2.29. The molecule has 0 spiro atoms. The van der Waals surface area contributed by atoms with Gasteiger partial charge in [-0.05, 0) is 20.0 Å². The van der Waals surface area contributed by atoms with Crippen LogP contribution in [0, 0.1) is 0 Å². The van der Waals surface area contributed by atoms with Crippen LogP contribution >= 0.6 is 22.9 Å². The Morgan fingerprint density at radius 1 is 1.16 bits per heavy atom. The van der Waals surface area contributed by atoms with Crippen LogP contribution in [-0.4, -0.2) is 56.1 Å². The highest BCUT2D eigenvalue weighted by Gasteiger charge is 2.34. The third kappa shape index (κ3) is 6.00. The summed E-state index contributed by atoms with van der Waals surface area (Å²) in [5.41, 5.74) is -0.600. The Kier molecular flexibility index (Phi) is 7.38. The van der Waals surface area contributed by atoms with Crippen molar-refractivity contribution < 1.29 is 27.6 Å². The zero-order chi connectivity index (χ0) is 26.9. The SMILES string of the molecule is C[C@@H](NC(=O)c1ncnc2c1CN(C)CC(=O)N2)c1ncc(C(=O)Nc2cc(C(F)(F)F)c(Cl)cn2)s1. The molecule has 11 nitrogen and oxygen atoms in total. The van der Waals surface area contributed by atoms with Crippen molar-refractivity contribution in [3.05, 3.63) is 56.5 Å². The molecular weight excluding hydrogens is 537 g/mol. The van der Waals surface area contributed by atoms with Gasteiger partial charge in [0, 0.05) is 18.3 Å². The second kappa shape index (κ2) is 10.4. The van der Waals surface area contributed by atoms with Gasteiger partial charge < -0.3 is 16.0 Å².